The van der Waals surface area contributed by atoms with Crippen LogP contribution in [0.25, 0.3) is 10.8 Å². The number of pyridine rings is 1. The Bertz CT molecular complexity index is 629. The predicted octanol–water partition coefficient (Wildman–Crippen LogP) is 2.98. The van der Waals surface area contributed by atoms with Gasteiger partial charge in [0, 0.05) is 24.0 Å². The fraction of sp³-hybridized carbons (Fsp3) is 0.471. The van der Waals surface area contributed by atoms with E-state index in [4.69, 9.17) is 4.74 Å². The fourth-order valence-electron chi connectivity index (χ4n) is 3.32. The van der Waals surface area contributed by atoms with Crippen molar-refractivity contribution in [2.45, 2.75) is 37.8 Å². The van der Waals surface area contributed by atoms with Crippen LogP contribution in [0.2, 0.25) is 0 Å². The van der Waals surface area contributed by atoms with Gasteiger partial charge in [0.2, 0.25) is 0 Å². The second kappa shape index (κ2) is 5.90. The number of methoxy groups -OCH3 is 1. The lowest BCUT2D eigenvalue weighted by Gasteiger charge is -2.36. The maximum atomic E-state index is 10.3. The van der Waals surface area contributed by atoms with Crippen molar-refractivity contribution < 1.29 is 9.84 Å². The zero-order valence-corrected chi connectivity index (χ0v) is 12.6. The van der Waals surface area contributed by atoms with E-state index in [9.17, 15) is 5.11 Å². The van der Waals surface area contributed by atoms with Crippen molar-refractivity contribution >= 4 is 16.6 Å². The van der Waals surface area contributed by atoms with Crippen LogP contribution in [0.15, 0.2) is 30.5 Å². The van der Waals surface area contributed by atoms with Crippen molar-refractivity contribution in [1.29, 1.82) is 0 Å². The number of benzene rings is 1. The second-order valence-electron chi connectivity index (χ2n) is 5.72. The third-order valence-corrected chi connectivity index (χ3v) is 4.49. The normalized spacial score (nSPS) is 22.2. The molecule has 0 saturated heterocycles. The molecule has 1 saturated carbocycles. The molecule has 1 aromatic heterocycles. The fourth-order valence-corrected chi connectivity index (χ4v) is 3.32. The van der Waals surface area contributed by atoms with Crippen molar-refractivity contribution in [3.63, 3.8) is 0 Å². The third kappa shape index (κ3) is 2.56. The summed E-state index contributed by atoms with van der Waals surface area (Å²) in [6.07, 6.45) is 5.71. The molecule has 0 bridgehead atoms. The molecule has 2 atom stereocenters. The molecule has 1 aliphatic carbocycles. The first-order chi connectivity index (χ1) is 10.2. The first-order valence-electron chi connectivity index (χ1n) is 7.55. The number of likely N-dealkylation sites (N-methyl/N-ethyl adjacent to an activating group) is 1. The number of rotatable bonds is 3. The van der Waals surface area contributed by atoms with E-state index in [-0.39, 0.29) is 12.1 Å². The van der Waals surface area contributed by atoms with Crippen LogP contribution in [-0.4, -0.2) is 36.4 Å². The molecule has 1 heterocycles. The van der Waals surface area contributed by atoms with Crippen molar-refractivity contribution in [3.05, 3.63) is 30.5 Å². The lowest BCUT2D eigenvalue weighted by atomic mass is 9.91. The van der Waals surface area contributed by atoms with E-state index in [2.05, 4.69) is 16.0 Å². The van der Waals surface area contributed by atoms with Crippen LogP contribution >= 0.6 is 0 Å². The second-order valence-corrected chi connectivity index (χ2v) is 5.72. The summed E-state index contributed by atoms with van der Waals surface area (Å²) < 4.78 is 5.43. The molecular weight excluding hydrogens is 264 g/mol. The van der Waals surface area contributed by atoms with Crippen LogP contribution in [0.5, 0.6) is 5.75 Å². The summed E-state index contributed by atoms with van der Waals surface area (Å²) in [6.45, 7) is 0. The zero-order chi connectivity index (χ0) is 14.8. The molecule has 1 N–H and O–H groups in total. The van der Waals surface area contributed by atoms with Gasteiger partial charge in [-0.2, -0.15) is 0 Å². The average molecular weight is 286 g/mol. The van der Waals surface area contributed by atoms with Crippen molar-refractivity contribution in [1.82, 2.24) is 4.98 Å². The van der Waals surface area contributed by atoms with E-state index in [0.29, 0.717) is 0 Å². The number of hydrogen-bond acceptors (Lipinski definition) is 4. The van der Waals surface area contributed by atoms with E-state index in [1.165, 1.54) is 6.42 Å². The van der Waals surface area contributed by atoms with Crippen LogP contribution < -0.4 is 9.64 Å². The number of nitrogens with zero attached hydrogens (tertiary/aromatic N) is 2. The summed E-state index contributed by atoms with van der Waals surface area (Å²) >= 11 is 0. The van der Waals surface area contributed by atoms with Crippen molar-refractivity contribution in [2.75, 3.05) is 19.1 Å². The van der Waals surface area contributed by atoms with Gasteiger partial charge in [-0.15, -0.1) is 0 Å². The Hall–Kier alpha value is -1.81. The molecule has 0 amide bonds. The van der Waals surface area contributed by atoms with Crippen LogP contribution in [0.4, 0.5) is 5.82 Å². The van der Waals surface area contributed by atoms with Gasteiger partial charge in [0.05, 0.1) is 19.3 Å². The Labute approximate surface area is 125 Å². The van der Waals surface area contributed by atoms with Gasteiger partial charge >= 0.3 is 0 Å². The van der Waals surface area contributed by atoms with Crippen molar-refractivity contribution in [2.24, 2.45) is 0 Å². The van der Waals surface area contributed by atoms with E-state index >= 15 is 0 Å². The lowest BCUT2D eigenvalue weighted by Crippen LogP contribution is -2.43. The molecule has 0 spiro atoms. The van der Waals surface area contributed by atoms with E-state index in [1.807, 2.05) is 31.4 Å². The topological polar surface area (TPSA) is 45.6 Å². The summed E-state index contributed by atoms with van der Waals surface area (Å²) in [5.41, 5.74) is 0. The lowest BCUT2D eigenvalue weighted by molar-refractivity contribution is 0.106. The smallest absolute Gasteiger partial charge is 0.136 e. The van der Waals surface area contributed by atoms with Crippen LogP contribution in [0, 0.1) is 0 Å². The Morgan fingerprint density at radius 2 is 2.00 bits per heavy atom. The number of ether oxygens (including phenoxy) is 1. The summed E-state index contributed by atoms with van der Waals surface area (Å²) in [5, 5.41) is 12.4. The molecule has 112 valence electrons. The first kappa shape index (κ1) is 14.1. The highest BCUT2D eigenvalue weighted by Crippen LogP contribution is 2.33. The van der Waals surface area contributed by atoms with E-state index < -0.39 is 0 Å². The molecular formula is C17H22N2O2. The first-order valence-corrected chi connectivity index (χ1v) is 7.55. The summed E-state index contributed by atoms with van der Waals surface area (Å²) in [4.78, 5) is 6.68. The molecule has 21 heavy (non-hydrogen) atoms. The molecule has 1 fully saturated rings. The molecule has 1 aliphatic rings. The SMILES string of the molecule is COc1cccc2c(N(C)C3CCCCC3O)nccc12. The highest BCUT2D eigenvalue weighted by atomic mass is 16.5. The average Bonchev–Trinajstić information content (AvgIpc) is 2.53. The van der Waals surface area contributed by atoms with Gasteiger partial charge in [0.1, 0.15) is 11.6 Å². The highest BCUT2D eigenvalue weighted by molar-refractivity contribution is 5.96. The van der Waals surface area contributed by atoms with Gasteiger partial charge in [0.25, 0.3) is 0 Å². The standard InChI is InChI=1S/C17H22N2O2/c1-19(14-7-3-4-8-15(14)20)17-13-6-5-9-16(21-2)12(13)10-11-18-17/h5-6,9-11,14-15,20H,3-4,7-8H2,1-2H3. The van der Waals surface area contributed by atoms with Gasteiger partial charge in [-0.3, -0.25) is 0 Å². The molecule has 4 nitrogen and oxygen atoms in total. The Kier molecular flexibility index (Phi) is 3.97. The Morgan fingerprint density at radius 3 is 2.76 bits per heavy atom. The maximum absolute atomic E-state index is 10.3. The number of aromatic nitrogens is 1. The van der Waals surface area contributed by atoms with Crippen LogP contribution in [0.3, 0.4) is 0 Å². The van der Waals surface area contributed by atoms with Gasteiger partial charge in [-0.05, 0) is 25.0 Å². The molecule has 4 heteroatoms. The number of hydrogen-bond donors (Lipinski definition) is 1. The Morgan fingerprint density at radius 1 is 1.19 bits per heavy atom. The Balaban J connectivity index is 2.03. The third-order valence-electron chi connectivity index (χ3n) is 4.49. The zero-order valence-electron chi connectivity index (χ0n) is 12.6. The highest BCUT2D eigenvalue weighted by Gasteiger charge is 2.28. The summed E-state index contributed by atoms with van der Waals surface area (Å²) in [6, 6.07) is 8.12. The number of aliphatic hydroxyl groups is 1. The van der Waals surface area contributed by atoms with Crippen LogP contribution in [0.1, 0.15) is 25.7 Å². The molecule has 2 aromatic rings. The number of aliphatic hydroxyl groups excluding tert-OH is 1. The van der Waals surface area contributed by atoms with Gasteiger partial charge in [0.15, 0.2) is 0 Å². The van der Waals surface area contributed by atoms with Crippen molar-refractivity contribution in [3.8, 4) is 5.75 Å². The quantitative estimate of drug-likeness (QED) is 0.942. The van der Waals surface area contributed by atoms with Gasteiger partial charge in [-0.1, -0.05) is 25.0 Å². The minimum absolute atomic E-state index is 0.142. The minimum Gasteiger partial charge on any atom is -0.496 e. The monoisotopic (exact) mass is 286 g/mol. The minimum atomic E-state index is -0.272. The van der Waals surface area contributed by atoms with Gasteiger partial charge < -0.3 is 14.7 Å². The number of fused-ring (bicyclic) bond motifs is 1. The molecule has 2 unspecified atom stereocenters. The van der Waals surface area contributed by atoms with E-state index in [0.717, 1.165) is 41.6 Å². The summed E-state index contributed by atoms with van der Waals surface area (Å²) in [5.74, 6) is 1.77. The molecule has 1 aromatic carbocycles. The molecule has 3 rings (SSSR count). The predicted molar refractivity (Wildman–Crippen MR) is 85.0 cm³/mol. The number of anilines is 1. The van der Waals surface area contributed by atoms with Gasteiger partial charge in [-0.25, -0.2) is 4.98 Å². The summed E-state index contributed by atoms with van der Waals surface area (Å²) in [7, 11) is 3.71. The largest absolute Gasteiger partial charge is 0.496 e. The van der Waals surface area contributed by atoms with Crippen LogP contribution in [-0.2, 0) is 0 Å². The molecule has 0 aliphatic heterocycles. The van der Waals surface area contributed by atoms with E-state index in [1.54, 1.807) is 7.11 Å². The maximum Gasteiger partial charge on any atom is 0.136 e. The molecule has 0 radical (unpaired) electrons.